The summed E-state index contributed by atoms with van der Waals surface area (Å²) in [5.41, 5.74) is 0.609. The van der Waals surface area contributed by atoms with Gasteiger partial charge >= 0.3 is 0 Å². The molecule has 2 aliphatic carbocycles. The monoisotopic (exact) mass is 339 g/mol. The summed E-state index contributed by atoms with van der Waals surface area (Å²) in [6.07, 6.45) is 7.17. The minimum absolute atomic E-state index is 0.0235. The van der Waals surface area contributed by atoms with Gasteiger partial charge in [-0.05, 0) is 56.1 Å². The van der Waals surface area contributed by atoms with E-state index in [2.05, 4.69) is 17.2 Å². The van der Waals surface area contributed by atoms with E-state index in [-0.39, 0.29) is 17.5 Å². The molecular formula is C20H25N3O2. The topological polar surface area (TPSA) is 64.0 Å². The first kappa shape index (κ1) is 16.3. The largest absolute Gasteiger partial charge is 0.353 e. The summed E-state index contributed by atoms with van der Waals surface area (Å²) in [6.45, 7) is 2.50. The van der Waals surface area contributed by atoms with E-state index in [1.165, 1.54) is 36.6 Å². The van der Waals surface area contributed by atoms with Crippen LogP contribution < -0.4 is 10.9 Å². The highest BCUT2D eigenvalue weighted by Gasteiger charge is 2.42. The molecule has 0 aliphatic heterocycles. The van der Waals surface area contributed by atoms with Crippen molar-refractivity contribution in [3.8, 4) is 0 Å². The highest BCUT2D eigenvalue weighted by molar-refractivity contribution is 5.77. The van der Waals surface area contributed by atoms with Crippen LogP contribution in [0, 0.1) is 17.8 Å². The molecular weight excluding hydrogens is 314 g/mol. The third-order valence-corrected chi connectivity index (χ3v) is 6.13. The van der Waals surface area contributed by atoms with Crippen LogP contribution in [0.1, 0.15) is 39.0 Å². The van der Waals surface area contributed by atoms with E-state index < -0.39 is 0 Å². The van der Waals surface area contributed by atoms with Gasteiger partial charge in [-0.1, -0.05) is 18.6 Å². The molecule has 1 aromatic carbocycles. The Morgan fingerprint density at radius 3 is 2.92 bits per heavy atom. The second-order valence-electron chi connectivity index (χ2n) is 7.71. The van der Waals surface area contributed by atoms with E-state index in [4.69, 9.17) is 0 Å². The maximum Gasteiger partial charge on any atom is 0.261 e. The predicted octanol–water partition coefficient (Wildman–Crippen LogP) is 2.73. The molecule has 4 rings (SSSR count). The van der Waals surface area contributed by atoms with Gasteiger partial charge in [-0.15, -0.1) is 0 Å². The van der Waals surface area contributed by atoms with Crippen molar-refractivity contribution in [1.82, 2.24) is 14.9 Å². The lowest BCUT2D eigenvalue weighted by molar-refractivity contribution is -0.122. The Labute approximate surface area is 147 Å². The third kappa shape index (κ3) is 3.20. The van der Waals surface area contributed by atoms with Gasteiger partial charge < -0.3 is 5.32 Å². The Morgan fingerprint density at radius 2 is 2.16 bits per heavy atom. The zero-order valence-corrected chi connectivity index (χ0v) is 14.6. The highest BCUT2D eigenvalue weighted by atomic mass is 16.2. The number of carbonyl (C=O) groups excluding carboxylic acids is 1. The average molecular weight is 339 g/mol. The zero-order valence-electron chi connectivity index (χ0n) is 14.6. The first-order chi connectivity index (χ1) is 12.1. The van der Waals surface area contributed by atoms with Crippen LogP contribution in [-0.4, -0.2) is 21.5 Å². The molecule has 0 unspecified atom stereocenters. The lowest BCUT2D eigenvalue weighted by atomic mass is 9.84. The summed E-state index contributed by atoms with van der Waals surface area (Å²) in [7, 11) is 0. The standard InChI is InChI=1S/C20H25N3O2/c1-13(17-11-14-6-7-15(17)10-14)22-19(24)8-9-23-12-21-18-5-3-2-4-16(18)20(23)25/h2-5,12-15,17H,6-11H2,1H3,(H,22,24)/t13-,14-,15-,17-/m0/s1. The minimum atomic E-state index is -0.0837. The van der Waals surface area contributed by atoms with Crippen molar-refractivity contribution in [3.63, 3.8) is 0 Å². The predicted molar refractivity (Wildman–Crippen MR) is 97.2 cm³/mol. The van der Waals surface area contributed by atoms with Crippen molar-refractivity contribution >= 4 is 16.8 Å². The first-order valence-electron chi connectivity index (χ1n) is 9.35. The molecule has 132 valence electrons. The Balaban J connectivity index is 1.36. The maximum absolute atomic E-state index is 12.5. The molecule has 2 fully saturated rings. The molecule has 0 spiro atoms. The maximum atomic E-state index is 12.5. The number of fused-ring (bicyclic) bond motifs is 3. The van der Waals surface area contributed by atoms with Gasteiger partial charge in [-0.2, -0.15) is 0 Å². The van der Waals surface area contributed by atoms with E-state index in [1.807, 2.05) is 18.2 Å². The number of nitrogens with zero attached hydrogens (tertiary/aromatic N) is 2. The normalized spacial score (nSPS) is 26.0. The molecule has 1 N–H and O–H groups in total. The van der Waals surface area contributed by atoms with Gasteiger partial charge in [0.15, 0.2) is 0 Å². The lowest BCUT2D eigenvalue weighted by Gasteiger charge is -2.28. The van der Waals surface area contributed by atoms with Crippen molar-refractivity contribution in [2.45, 2.75) is 51.6 Å². The molecule has 4 atom stereocenters. The highest BCUT2D eigenvalue weighted by Crippen LogP contribution is 2.49. The van der Waals surface area contributed by atoms with Crippen LogP contribution in [0.3, 0.4) is 0 Å². The number of aryl methyl sites for hydroxylation is 1. The molecule has 25 heavy (non-hydrogen) atoms. The fourth-order valence-corrected chi connectivity index (χ4v) is 4.83. The Kier molecular flexibility index (Phi) is 4.32. The van der Waals surface area contributed by atoms with Crippen molar-refractivity contribution in [2.75, 3.05) is 0 Å². The number of hydrogen-bond acceptors (Lipinski definition) is 3. The number of aromatic nitrogens is 2. The summed E-state index contributed by atoms with van der Waals surface area (Å²) in [5.74, 6) is 2.34. The van der Waals surface area contributed by atoms with E-state index in [1.54, 1.807) is 6.07 Å². The van der Waals surface area contributed by atoms with Crippen LogP contribution in [0.5, 0.6) is 0 Å². The van der Waals surface area contributed by atoms with Gasteiger partial charge in [0.2, 0.25) is 5.91 Å². The van der Waals surface area contributed by atoms with Crippen molar-refractivity contribution < 1.29 is 4.79 Å². The van der Waals surface area contributed by atoms with E-state index in [9.17, 15) is 9.59 Å². The van der Waals surface area contributed by atoms with Gasteiger partial charge in [-0.3, -0.25) is 14.2 Å². The summed E-state index contributed by atoms with van der Waals surface area (Å²) < 4.78 is 1.53. The Morgan fingerprint density at radius 1 is 1.32 bits per heavy atom. The molecule has 2 aromatic rings. The van der Waals surface area contributed by atoms with Gasteiger partial charge in [0.05, 0.1) is 17.2 Å². The molecule has 2 aliphatic rings. The van der Waals surface area contributed by atoms with Crippen LogP contribution in [0.4, 0.5) is 0 Å². The molecule has 1 heterocycles. The second kappa shape index (κ2) is 6.62. The van der Waals surface area contributed by atoms with Crippen LogP contribution in [-0.2, 0) is 11.3 Å². The van der Waals surface area contributed by atoms with Crippen molar-refractivity contribution in [3.05, 3.63) is 40.9 Å². The quantitative estimate of drug-likeness (QED) is 0.911. The van der Waals surface area contributed by atoms with Crippen LogP contribution in [0.25, 0.3) is 10.9 Å². The summed E-state index contributed by atoms with van der Waals surface area (Å²) in [6, 6.07) is 7.53. The smallest absolute Gasteiger partial charge is 0.261 e. The van der Waals surface area contributed by atoms with E-state index in [0.29, 0.717) is 29.8 Å². The van der Waals surface area contributed by atoms with E-state index in [0.717, 1.165) is 11.8 Å². The molecule has 1 aromatic heterocycles. The molecule has 0 radical (unpaired) electrons. The van der Waals surface area contributed by atoms with Crippen LogP contribution in [0.15, 0.2) is 35.4 Å². The van der Waals surface area contributed by atoms with Crippen molar-refractivity contribution in [1.29, 1.82) is 0 Å². The average Bonchev–Trinajstić information content (AvgIpc) is 3.25. The fourth-order valence-electron chi connectivity index (χ4n) is 4.83. The molecule has 2 saturated carbocycles. The van der Waals surface area contributed by atoms with E-state index >= 15 is 0 Å². The Hall–Kier alpha value is -2.17. The lowest BCUT2D eigenvalue weighted by Crippen LogP contribution is -2.40. The molecule has 0 saturated heterocycles. The minimum Gasteiger partial charge on any atom is -0.353 e. The van der Waals surface area contributed by atoms with Crippen LogP contribution >= 0.6 is 0 Å². The second-order valence-corrected chi connectivity index (χ2v) is 7.71. The van der Waals surface area contributed by atoms with Gasteiger partial charge in [0.25, 0.3) is 5.56 Å². The van der Waals surface area contributed by atoms with Gasteiger partial charge in [0.1, 0.15) is 0 Å². The van der Waals surface area contributed by atoms with Gasteiger partial charge in [0, 0.05) is 19.0 Å². The molecule has 2 bridgehead atoms. The number of carbonyl (C=O) groups is 1. The zero-order chi connectivity index (χ0) is 17.4. The van der Waals surface area contributed by atoms with Crippen molar-refractivity contribution in [2.24, 2.45) is 17.8 Å². The number of benzene rings is 1. The third-order valence-electron chi connectivity index (χ3n) is 6.13. The number of amides is 1. The molecule has 5 nitrogen and oxygen atoms in total. The SMILES string of the molecule is C[C@H](NC(=O)CCn1cnc2ccccc2c1=O)[C@@H]1C[C@H]2CC[C@H]1C2. The number of nitrogens with one attached hydrogen (secondary N) is 1. The number of para-hydroxylation sites is 1. The summed E-state index contributed by atoms with van der Waals surface area (Å²) in [4.78, 5) is 29.1. The van der Waals surface area contributed by atoms with Gasteiger partial charge in [-0.25, -0.2) is 4.98 Å². The molecule has 1 amide bonds. The fraction of sp³-hybridized carbons (Fsp3) is 0.550. The first-order valence-corrected chi connectivity index (χ1v) is 9.35. The number of hydrogen-bond donors (Lipinski definition) is 1. The van der Waals surface area contributed by atoms with Crippen LogP contribution in [0.2, 0.25) is 0 Å². The molecule has 5 heteroatoms. The summed E-state index contributed by atoms with van der Waals surface area (Å²) >= 11 is 0. The summed E-state index contributed by atoms with van der Waals surface area (Å²) in [5, 5.41) is 3.76. The number of rotatable bonds is 5. The Bertz CT molecular complexity index is 844.